The fourth-order valence-corrected chi connectivity index (χ4v) is 2.12. The summed E-state index contributed by atoms with van der Waals surface area (Å²) in [7, 11) is 0. The van der Waals surface area contributed by atoms with Crippen molar-refractivity contribution in [2.75, 3.05) is 0 Å². The van der Waals surface area contributed by atoms with Gasteiger partial charge in [0.05, 0.1) is 16.7 Å². The summed E-state index contributed by atoms with van der Waals surface area (Å²) in [6, 6.07) is 1.61. The molecule has 2 aromatic rings. The van der Waals surface area contributed by atoms with Gasteiger partial charge in [0.15, 0.2) is 0 Å². The number of nitrogens with one attached hydrogen (secondary N) is 1. The zero-order valence-corrected chi connectivity index (χ0v) is 11.4. The minimum absolute atomic E-state index is 0.181. The van der Waals surface area contributed by atoms with E-state index in [-0.39, 0.29) is 10.8 Å². The largest absolute Gasteiger partial charge is 0.277 e. The van der Waals surface area contributed by atoms with Crippen LogP contribution in [0.3, 0.4) is 0 Å². The number of hydrogen-bond donors (Lipinski definition) is 1. The van der Waals surface area contributed by atoms with Gasteiger partial charge < -0.3 is 0 Å². The first kappa shape index (κ1) is 14.7. The molecule has 1 aromatic heterocycles. The number of rotatable bonds is 4. The Bertz CT molecular complexity index is 508. The number of unbranched alkanes of at least 4 members (excludes halogenated alkanes) is 2. The van der Waals surface area contributed by atoms with E-state index in [2.05, 4.69) is 30.3 Å². The van der Waals surface area contributed by atoms with Gasteiger partial charge in [0.25, 0.3) is 0 Å². The molecule has 0 spiro atoms. The van der Waals surface area contributed by atoms with Crippen LogP contribution in [0, 0.1) is 5.82 Å². The maximum atomic E-state index is 13.9. The first-order valence-corrected chi connectivity index (χ1v) is 6.41. The highest BCUT2D eigenvalue weighted by atomic mass is 35.5. The second-order valence-electron chi connectivity index (χ2n) is 3.94. The van der Waals surface area contributed by atoms with Crippen LogP contribution in [0.1, 0.15) is 31.7 Å². The minimum Gasteiger partial charge on any atom is -0.277 e. The van der Waals surface area contributed by atoms with Gasteiger partial charge in [-0.15, -0.1) is 13.2 Å². The van der Waals surface area contributed by atoms with E-state index >= 15 is 0 Å². The maximum absolute atomic E-state index is 13.9. The lowest BCUT2D eigenvalue weighted by Crippen LogP contribution is -1.94. The van der Waals surface area contributed by atoms with Gasteiger partial charge in [0.1, 0.15) is 5.82 Å². The van der Waals surface area contributed by atoms with Crippen LogP contribution in [0.5, 0.6) is 0 Å². The number of hydrogen-bond acceptors (Lipinski definition) is 1. The Hall–Kier alpha value is -1.35. The summed E-state index contributed by atoms with van der Waals surface area (Å²) in [4.78, 5) is 0. The van der Waals surface area contributed by atoms with E-state index in [9.17, 15) is 4.39 Å². The Balaban J connectivity index is 0.000000771. The SMILES string of the molecule is C=C.CCCCCc1c(F)c(Cl)cc2cn[nH]c12. The summed E-state index contributed by atoms with van der Waals surface area (Å²) in [6.45, 7) is 8.13. The monoisotopic (exact) mass is 268 g/mol. The molecule has 1 N–H and O–H groups in total. The molecule has 0 aliphatic heterocycles. The van der Waals surface area contributed by atoms with Crippen LogP contribution in [0.25, 0.3) is 10.9 Å². The van der Waals surface area contributed by atoms with E-state index in [0.29, 0.717) is 12.0 Å². The lowest BCUT2D eigenvalue weighted by Gasteiger charge is -2.06. The van der Waals surface area contributed by atoms with Gasteiger partial charge in [0.2, 0.25) is 0 Å². The molecule has 0 unspecified atom stereocenters. The number of aromatic amines is 1. The van der Waals surface area contributed by atoms with E-state index < -0.39 is 0 Å². The van der Waals surface area contributed by atoms with Crippen molar-refractivity contribution in [2.45, 2.75) is 32.6 Å². The molecule has 1 heterocycles. The first-order chi connectivity index (χ1) is 8.74. The standard InChI is InChI=1S/C12H14ClFN2.C2H4/c1-2-3-4-5-9-11(14)10(13)6-8-7-15-16-12(8)9;1-2/h6-7H,2-5H2,1H3,(H,15,16);1-2H2. The number of H-pyrrole nitrogens is 1. The normalized spacial score (nSPS) is 10.2. The van der Waals surface area contributed by atoms with Crippen molar-refractivity contribution in [1.82, 2.24) is 10.2 Å². The third-order valence-electron chi connectivity index (χ3n) is 2.76. The summed E-state index contributed by atoms with van der Waals surface area (Å²) in [5, 5.41) is 7.81. The molecule has 0 saturated carbocycles. The van der Waals surface area contributed by atoms with Gasteiger partial charge >= 0.3 is 0 Å². The van der Waals surface area contributed by atoms with Gasteiger partial charge in [-0.2, -0.15) is 5.10 Å². The molecular formula is C14H18ClFN2. The van der Waals surface area contributed by atoms with E-state index in [1.807, 2.05) is 0 Å². The van der Waals surface area contributed by atoms with Gasteiger partial charge in [0, 0.05) is 10.9 Å². The first-order valence-electron chi connectivity index (χ1n) is 6.04. The van der Waals surface area contributed by atoms with Crippen molar-refractivity contribution in [3.63, 3.8) is 0 Å². The minimum atomic E-state index is -0.311. The van der Waals surface area contributed by atoms with Gasteiger partial charge in [-0.25, -0.2) is 4.39 Å². The molecule has 0 amide bonds. The molecule has 0 aliphatic rings. The van der Waals surface area contributed by atoms with Crippen molar-refractivity contribution < 1.29 is 4.39 Å². The second-order valence-corrected chi connectivity index (χ2v) is 4.35. The number of benzene rings is 1. The Morgan fingerprint density at radius 1 is 1.39 bits per heavy atom. The van der Waals surface area contributed by atoms with Gasteiger partial charge in [-0.3, -0.25) is 5.10 Å². The highest BCUT2D eigenvalue weighted by molar-refractivity contribution is 6.31. The summed E-state index contributed by atoms with van der Waals surface area (Å²) < 4.78 is 13.9. The van der Waals surface area contributed by atoms with Crippen LogP contribution < -0.4 is 0 Å². The predicted octanol–water partition coefficient (Wildman–Crippen LogP) is 4.89. The fourth-order valence-electron chi connectivity index (χ4n) is 1.89. The van der Waals surface area contributed by atoms with Crippen LogP contribution in [0.15, 0.2) is 25.4 Å². The molecular weight excluding hydrogens is 251 g/mol. The Morgan fingerprint density at radius 2 is 2.11 bits per heavy atom. The molecule has 1 aromatic carbocycles. The number of fused-ring (bicyclic) bond motifs is 1. The predicted molar refractivity (Wildman–Crippen MR) is 75.5 cm³/mol. The molecule has 0 bridgehead atoms. The summed E-state index contributed by atoms with van der Waals surface area (Å²) in [5.41, 5.74) is 1.44. The van der Waals surface area contributed by atoms with E-state index in [1.165, 1.54) is 0 Å². The molecule has 98 valence electrons. The number of aromatic nitrogens is 2. The van der Waals surface area contributed by atoms with Crippen molar-refractivity contribution in [3.05, 3.63) is 41.8 Å². The highest BCUT2D eigenvalue weighted by Crippen LogP contribution is 2.27. The molecule has 0 fully saturated rings. The third-order valence-corrected chi connectivity index (χ3v) is 3.03. The Morgan fingerprint density at radius 3 is 2.78 bits per heavy atom. The summed E-state index contributed by atoms with van der Waals surface area (Å²) in [6.07, 6.45) is 5.57. The van der Waals surface area contributed by atoms with Crippen LogP contribution in [-0.2, 0) is 6.42 Å². The Labute approximate surface area is 112 Å². The Kier molecular flexibility index (Phi) is 5.86. The maximum Gasteiger partial charge on any atom is 0.147 e. The van der Waals surface area contributed by atoms with E-state index in [0.717, 1.165) is 30.2 Å². The van der Waals surface area contributed by atoms with Crippen LogP contribution in [-0.4, -0.2) is 10.2 Å². The van der Waals surface area contributed by atoms with Crippen LogP contribution in [0.2, 0.25) is 5.02 Å². The lowest BCUT2D eigenvalue weighted by atomic mass is 10.0. The van der Waals surface area contributed by atoms with Crippen LogP contribution >= 0.6 is 11.6 Å². The fraction of sp³-hybridized carbons (Fsp3) is 0.357. The smallest absolute Gasteiger partial charge is 0.147 e. The third kappa shape index (κ3) is 3.10. The van der Waals surface area contributed by atoms with Crippen LogP contribution in [0.4, 0.5) is 4.39 Å². The van der Waals surface area contributed by atoms with Gasteiger partial charge in [-0.1, -0.05) is 31.4 Å². The van der Waals surface area contributed by atoms with Crippen molar-refractivity contribution >= 4 is 22.5 Å². The van der Waals surface area contributed by atoms with Crippen molar-refractivity contribution in [2.24, 2.45) is 0 Å². The average molecular weight is 269 g/mol. The van der Waals surface area contributed by atoms with Crippen molar-refractivity contribution in [1.29, 1.82) is 0 Å². The zero-order chi connectivity index (χ0) is 13.5. The molecule has 0 radical (unpaired) electrons. The molecule has 2 rings (SSSR count). The van der Waals surface area contributed by atoms with E-state index in [1.54, 1.807) is 12.3 Å². The van der Waals surface area contributed by atoms with Gasteiger partial charge in [-0.05, 0) is 18.9 Å². The number of aryl methyl sites for hydroxylation is 1. The van der Waals surface area contributed by atoms with E-state index in [4.69, 9.17) is 11.6 Å². The quantitative estimate of drug-likeness (QED) is 0.621. The lowest BCUT2D eigenvalue weighted by molar-refractivity contribution is 0.602. The molecule has 18 heavy (non-hydrogen) atoms. The average Bonchev–Trinajstić information content (AvgIpc) is 2.84. The zero-order valence-electron chi connectivity index (χ0n) is 10.6. The topological polar surface area (TPSA) is 28.7 Å². The molecule has 0 saturated heterocycles. The second kappa shape index (κ2) is 7.17. The molecule has 0 atom stereocenters. The van der Waals surface area contributed by atoms with Crippen molar-refractivity contribution in [3.8, 4) is 0 Å². The highest BCUT2D eigenvalue weighted by Gasteiger charge is 2.13. The number of halogens is 2. The summed E-state index contributed by atoms with van der Waals surface area (Å²) in [5.74, 6) is -0.311. The molecule has 2 nitrogen and oxygen atoms in total. The molecule has 0 aliphatic carbocycles. The molecule has 4 heteroatoms. The summed E-state index contributed by atoms with van der Waals surface area (Å²) >= 11 is 5.85. The number of nitrogens with zero attached hydrogens (tertiary/aromatic N) is 1.